The van der Waals surface area contributed by atoms with Crippen molar-refractivity contribution in [3.8, 4) is 11.5 Å². The van der Waals surface area contributed by atoms with Gasteiger partial charge in [-0.15, -0.1) is 0 Å². The molecule has 0 spiro atoms. The molecule has 146 valence electrons. The van der Waals surface area contributed by atoms with E-state index in [4.69, 9.17) is 9.47 Å². The number of hydrogen-bond donors (Lipinski definition) is 0. The SMILES string of the molecule is COc1cccc(C2c3cccn3CCCN2Cc2cccc(F)c2)c1OC. The summed E-state index contributed by atoms with van der Waals surface area (Å²) >= 11 is 0. The Morgan fingerprint density at radius 2 is 1.86 bits per heavy atom. The third kappa shape index (κ3) is 3.50. The maximum Gasteiger partial charge on any atom is 0.165 e. The highest BCUT2D eigenvalue weighted by atomic mass is 19.1. The van der Waals surface area contributed by atoms with Crippen LogP contribution in [0.2, 0.25) is 0 Å². The van der Waals surface area contributed by atoms with Crippen molar-refractivity contribution in [2.75, 3.05) is 20.8 Å². The summed E-state index contributed by atoms with van der Waals surface area (Å²) in [6.45, 7) is 2.53. The minimum absolute atomic E-state index is 0.00850. The second-order valence-electron chi connectivity index (χ2n) is 7.07. The van der Waals surface area contributed by atoms with E-state index >= 15 is 0 Å². The first-order chi connectivity index (χ1) is 13.7. The summed E-state index contributed by atoms with van der Waals surface area (Å²) in [6, 6.07) is 17.1. The van der Waals surface area contributed by atoms with Gasteiger partial charge in [0.2, 0.25) is 0 Å². The lowest BCUT2D eigenvalue weighted by molar-refractivity contribution is 0.215. The molecule has 1 aliphatic heterocycles. The second-order valence-corrected chi connectivity index (χ2v) is 7.07. The Kier molecular flexibility index (Phi) is 5.35. The van der Waals surface area contributed by atoms with E-state index < -0.39 is 0 Å². The smallest absolute Gasteiger partial charge is 0.165 e. The van der Waals surface area contributed by atoms with Crippen molar-refractivity contribution >= 4 is 0 Å². The second kappa shape index (κ2) is 8.07. The molecule has 2 heterocycles. The molecule has 1 aliphatic rings. The van der Waals surface area contributed by atoms with Crippen LogP contribution < -0.4 is 9.47 Å². The van der Waals surface area contributed by atoms with Crippen LogP contribution in [-0.2, 0) is 13.1 Å². The van der Waals surface area contributed by atoms with Gasteiger partial charge in [0, 0.05) is 37.1 Å². The molecule has 2 aromatic carbocycles. The third-order valence-corrected chi connectivity index (χ3v) is 5.36. The Morgan fingerprint density at radius 1 is 1.00 bits per heavy atom. The molecule has 0 bridgehead atoms. The molecule has 0 aliphatic carbocycles. The van der Waals surface area contributed by atoms with E-state index in [1.165, 1.54) is 11.8 Å². The van der Waals surface area contributed by atoms with Gasteiger partial charge in [-0.3, -0.25) is 4.90 Å². The molecule has 28 heavy (non-hydrogen) atoms. The van der Waals surface area contributed by atoms with E-state index in [-0.39, 0.29) is 11.9 Å². The van der Waals surface area contributed by atoms with Crippen molar-refractivity contribution in [2.24, 2.45) is 0 Å². The predicted octanol–water partition coefficient (Wildman–Crippen LogP) is 4.64. The first-order valence-electron chi connectivity index (χ1n) is 9.55. The highest BCUT2D eigenvalue weighted by Gasteiger charge is 2.30. The molecule has 0 radical (unpaired) electrons. The summed E-state index contributed by atoms with van der Waals surface area (Å²) in [4.78, 5) is 2.39. The first-order valence-corrected chi connectivity index (χ1v) is 9.55. The normalized spacial score (nSPS) is 17.0. The van der Waals surface area contributed by atoms with Crippen LogP contribution in [0.15, 0.2) is 60.8 Å². The van der Waals surface area contributed by atoms with E-state index in [0.29, 0.717) is 12.3 Å². The number of nitrogens with zero attached hydrogens (tertiary/aromatic N) is 2. The highest BCUT2D eigenvalue weighted by molar-refractivity contribution is 5.50. The summed E-state index contributed by atoms with van der Waals surface area (Å²) in [6.07, 6.45) is 3.15. The van der Waals surface area contributed by atoms with Crippen LogP contribution in [0.1, 0.15) is 29.3 Å². The number of rotatable bonds is 5. The maximum absolute atomic E-state index is 13.8. The van der Waals surface area contributed by atoms with Crippen LogP contribution in [0.5, 0.6) is 11.5 Å². The quantitative estimate of drug-likeness (QED) is 0.645. The topological polar surface area (TPSA) is 26.6 Å². The van der Waals surface area contributed by atoms with Gasteiger partial charge in [-0.2, -0.15) is 0 Å². The first kappa shape index (κ1) is 18.6. The maximum atomic E-state index is 13.8. The van der Waals surface area contributed by atoms with E-state index in [1.807, 2.05) is 18.2 Å². The van der Waals surface area contributed by atoms with Gasteiger partial charge in [-0.05, 0) is 42.3 Å². The standard InChI is InChI=1S/C23H25FN2O2/c1-27-21-11-4-9-19(23(21)28-2)22-20-10-5-12-25(20)13-6-14-26(22)16-17-7-3-8-18(24)15-17/h3-5,7-12,15,22H,6,13-14,16H2,1-2H3. The molecular weight excluding hydrogens is 355 g/mol. The van der Waals surface area contributed by atoms with E-state index in [2.05, 4.69) is 33.9 Å². The Bertz CT molecular complexity index is 953. The lowest BCUT2D eigenvalue weighted by Crippen LogP contribution is -2.30. The lowest BCUT2D eigenvalue weighted by Gasteiger charge is -2.32. The number of aromatic nitrogens is 1. The van der Waals surface area contributed by atoms with Crippen LogP contribution in [0, 0.1) is 5.82 Å². The van der Waals surface area contributed by atoms with Crippen molar-refractivity contribution in [1.29, 1.82) is 0 Å². The number of aryl methyl sites for hydroxylation is 1. The average molecular weight is 380 g/mol. The number of ether oxygens (including phenoxy) is 2. The van der Waals surface area contributed by atoms with Gasteiger partial charge < -0.3 is 14.0 Å². The summed E-state index contributed by atoms with van der Waals surface area (Å²) < 4.78 is 27.4. The number of halogens is 1. The third-order valence-electron chi connectivity index (χ3n) is 5.36. The van der Waals surface area contributed by atoms with Crippen LogP contribution in [0.3, 0.4) is 0 Å². The summed E-state index contributed by atoms with van der Waals surface area (Å²) in [5, 5.41) is 0. The number of hydrogen-bond acceptors (Lipinski definition) is 3. The van der Waals surface area contributed by atoms with Gasteiger partial charge in [0.05, 0.1) is 20.3 Å². The lowest BCUT2D eigenvalue weighted by atomic mass is 9.99. The molecule has 1 atom stereocenters. The molecule has 1 aromatic heterocycles. The molecule has 1 unspecified atom stereocenters. The minimum atomic E-state index is -0.203. The van der Waals surface area contributed by atoms with Crippen LogP contribution in [-0.4, -0.2) is 30.2 Å². The van der Waals surface area contributed by atoms with Crippen molar-refractivity contribution in [1.82, 2.24) is 9.47 Å². The Balaban J connectivity index is 1.81. The highest BCUT2D eigenvalue weighted by Crippen LogP contribution is 2.41. The summed E-state index contributed by atoms with van der Waals surface area (Å²) in [5.74, 6) is 1.26. The Hall–Kier alpha value is -2.79. The number of benzene rings is 2. The molecule has 4 rings (SSSR count). The zero-order chi connectivity index (χ0) is 19.5. The van der Waals surface area contributed by atoms with E-state index in [9.17, 15) is 4.39 Å². The fraction of sp³-hybridized carbons (Fsp3) is 0.304. The van der Waals surface area contributed by atoms with Crippen molar-refractivity contribution < 1.29 is 13.9 Å². The Labute approximate surface area is 165 Å². The van der Waals surface area contributed by atoms with Gasteiger partial charge in [0.25, 0.3) is 0 Å². The molecular formula is C23H25FN2O2. The zero-order valence-electron chi connectivity index (χ0n) is 16.3. The van der Waals surface area contributed by atoms with E-state index in [0.717, 1.165) is 36.4 Å². The molecule has 0 fully saturated rings. The number of fused-ring (bicyclic) bond motifs is 1. The molecule has 0 saturated carbocycles. The number of para-hydroxylation sites is 1. The van der Waals surface area contributed by atoms with Crippen LogP contribution >= 0.6 is 0 Å². The fourth-order valence-corrected chi connectivity index (χ4v) is 4.16. The molecule has 4 nitrogen and oxygen atoms in total. The van der Waals surface area contributed by atoms with Gasteiger partial charge in [-0.25, -0.2) is 4.39 Å². The predicted molar refractivity (Wildman–Crippen MR) is 107 cm³/mol. The molecule has 0 saturated heterocycles. The average Bonchev–Trinajstić information content (AvgIpc) is 3.09. The van der Waals surface area contributed by atoms with E-state index in [1.54, 1.807) is 26.4 Å². The van der Waals surface area contributed by atoms with Crippen molar-refractivity contribution in [3.05, 3.63) is 83.4 Å². The van der Waals surface area contributed by atoms with Gasteiger partial charge in [0.1, 0.15) is 5.82 Å². The van der Waals surface area contributed by atoms with Gasteiger partial charge in [-0.1, -0.05) is 24.3 Å². The molecule has 5 heteroatoms. The van der Waals surface area contributed by atoms with Gasteiger partial charge in [0.15, 0.2) is 11.5 Å². The van der Waals surface area contributed by atoms with Crippen molar-refractivity contribution in [3.63, 3.8) is 0 Å². The minimum Gasteiger partial charge on any atom is -0.493 e. The monoisotopic (exact) mass is 380 g/mol. The molecule has 3 aromatic rings. The summed E-state index contributed by atoms with van der Waals surface area (Å²) in [5.41, 5.74) is 3.23. The molecule has 0 amide bonds. The van der Waals surface area contributed by atoms with Gasteiger partial charge >= 0.3 is 0 Å². The number of methoxy groups -OCH3 is 2. The summed E-state index contributed by atoms with van der Waals surface area (Å²) in [7, 11) is 3.33. The van der Waals surface area contributed by atoms with Crippen LogP contribution in [0.4, 0.5) is 4.39 Å². The fourth-order valence-electron chi connectivity index (χ4n) is 4.16. The zero-order valence-corrected chi connectivity index (χ0v) is 16.3. The Morgan fingerprint density at radius 3 is 2.64 bits per heavy atom. The molecule has 0 N–H and O–H groups in total. The largest absolute Gasteiger partial charge is 0.493 e. The van der Waals surface area contributed by atoms with Crippen molar-refractivity contribution in [2.45, 2.75) is 25.6 Å². The van der Waals surface area contributed by atoms with Crippen LogP contribution in [0.25, 0.3) is 0 Å².